The van der Waals surface area contributed by atoms with Crippen molar-refractivity contribution in [3.05, 3.63) is 0 Å². The normalized spacial score (nSPS) is 13.1. The molecule has 1 unspecified atom stereocenters. The zero-order valence-corrected chi connectivity index (χ0v) is 19.1. The molecule has 0 aromatic rings. The van der Waals surface area contributed by atoms with E-state index in [1.54, 1.807) is 0 Å². The van der Waals surface area contributed by atoms with Gasteiger partial charge < -0.3 is 28.2 Å². The highest BCUT2D eigenvalue weighted by Crippen LogP contribution is 2.12. The van der Waals surface area contributed by atoms with Crippen molar-refractivity contribution in [3.63, 3.8) is 0 Å². The van der Waals surface area contributed by atoms with E-state index < -0.39 is 10.1 Å². The monoisotopic (exact) mass is 441 g/mol. The van der Waals surface area contributed by atoms with Gasteiger partial charge in [0.15, 0.2) is 0 Å². The third-order valence-corrected chi connectivity index (χ3v) is 5.11. The summed E-state index contributed by atoms with van der Waals surface area (Å²) in [7, 11) is -4.11. The fourth-order valence-electron chi connectivity index (χ4n) is 2.51. The lowest BCUT2D eigenvalue weighted by molar-refractivity contribution is -0.0140. The van der Waals surface area contributed by atoms with E-state index in [-0.39, 0.29) is 5.75 Å². The Balaban J connectivity index is 3.17. The van der Waals surface area contributed by atoms with Gasteiger partial charge in [0.25, 0.3) is 0 Å². The summed E-state index contributed by atoms with van der Waals surface area (Å²) in [6.45, 7) is 9.81. The molecular weight excluding hydrogens is 400 g/mol. The van der Waals surface area contributed by atoms with Crippen LogP contribution in [0.3, 0.4) is 0 Å². The number of ether oxygens (including phenoxy) is 5. The summed E-state index contributed by atoms with van der Waals surface area (Å²) >= 11 is 0. The van der Waals surface area contributed by atoms with Crippen molar-refractivity contribution in [3.8, 4) is 0 Å². The number of hydrogen-bond acceptors (Lipinski definition) is 8. The topological polar surface area (TPSA) is 103 Å². The average Bonchev–Trinajstić information content (AvgIpc) is 2.68. The minimum atomic E-state index is -4.11. The zero-order valence-electron chi connectivity index (χ0n) is 18.3. The maximum atomic E-state index is 10.4. The first kappa shape index (κ1) is 28.7. The highest BCUT2D eigenvalue weighted by molar-refractivity contribution is 7.85. The van der Waals surface area contributed by atoms with Crippen LogP contribution in [0.15, 0.2) is 0 Å². The average molecular weight is 442 g/mol. The van der Waals surface area contributed by atoms with Gasteiger partial charge in [-0.1, -0.05) is 33.1 Å². The van der Waals surface area contributed by atoms with E-state index >= 15 is 0 Å². The smallest absolute Gasteiger partial charge is 0.0945 e. The van der Waals surface area contributed by atoms with E-state index in [0.717, 1.165) is 13.0 Å². The van der Waals surface area contributed by atoms with Crippen molar-refractivity contribution in [2.45, 2.75) is 52.4 Å². The fraction of sp³-hybridized carbons (Fsp3) is 1.00. The second-order valence-electron chi connectivity index (χ2n) is 6.91. The lowest BCUT2D eigenvalue weighted by atomic mass is 10.0. The molecule has 0 bridgehead atoms. The molecule has 0 aliphatic carbocycles. The Hall–Kier alpha value is -0.290. The minimum absolute atomic E-state index is 0.326. The molecule has 0 fully saturated rings. The van der Waals surface area contributed by atoms with Crippen LogP contribution in [0.25, 0.3) is 0 Å². The highest BCUT2D eigenvalue weighted by atomic mass is 32.2. The van der Waals surface area contributed by atoms with Gasteiger partial charge in [-0.3, -0.25) is 0 Å². The quantitative estimate of drug-likeness (QED) is 0.176. The lowest BCUT2D eigenvalue weighted by Gasteiger charge is -2.14. The molecule has 9 heteroatoms. The number of hydrogen-bond donors (Lipinski definition) is 0. The SMILES string of the molecule is CCCCC(CC)COCCOCCOCCOCCOCCCCS(=O)(=O)[O-]. The Kier molecular flexibility index (Phi) is 20.8. The van der Waals surface area contributed by atoms with Gasteiger partial charge in [-0.2, -0.15) is 0 Å². The van der Waals surface area contributed by atoms with Gasteiger partial charge in [0, 0.05) is 19.0 Å². The van der Waals surface area contributed by atoms with E-state index in [4.69, 9.17) is 23.7 Å². The first-order chi connectivity index (χ1) is 14.0. The summed E-state index contributed by atoms with van der Waals surface area (Å²) in [5.41, 5.74) is 0. The fourth-order valence-corrected chi connectivity index (χ4v) is 3.07. The summed E-state index contributed by atoms with van der Waals surface area (Å²) in [6, 6.07) is 0. The summed E-state index contributed by atoms with van der Waals surface area (Å²) in [5.74, 6) is 0.325. The molecule has 0 amide bonds. The van der Waals surface area contributed by atoms with Crippen LogP contribution in [0.2, 0.25) is 0 Å². The Morgan fingerprint density at radius 3 is 1.62 bits per heavy atom. The molecule has 176 valence electrons. The second-order valence-corrected chi connectivity index (χ2v) is 8.43. The van der Waals surface area contributed by atoms with Gasteiger partial charge >= 0.3 is 0 Å². The Morgan fingerprint density at radius 2 is 1.17 bits per heavy atom. The molecule has 29 heavy (non-hydrogen) atoms. The maximum Gasteiger partial charge on any atom is 0.0945 e. The van der Waals surface area contributed by atoms with E-state index in [1.807, 2.05) is 0 Å². The largest absolute Gasteiger partial charge is 0.748 e. The Morgan fingerprint density at radius 1 is 0.690 bits per heavy atom. The summed E-state index contributed by atoms with van der Waals surface area (Å²) in [5, 5.41) is 0. The highest BCUT2D eigenvalue weighted by Gasteiger charge is 2.05. The second kappa shape index (κ2) is 21.0. The molecule has 1 atom stereocenters. The Bertz CT molecular complexity index is 430. The van der Waals surface area contributed by atoms with Crippen molar-refractivity contribution in [2.24, 2.45) is 5.92 Å². The molecule has 0 heterocycles. The molecule has 0 aliphatic heterocycles. The predicted octanol–water partition coefficient (Wildman–Crippen LogP) is 2.61. The minimum Gasteiger partial charge on any atom is -0.748 e. The third kappa shape index (κ3) is 23.9. The van der Waals surface area contributed by atoms with Crippen molar-refractivity contribution >= 4 is 10.1 Å². The van der Waals surface area contributed by atoms with Crippen LogP contribution in [0.4, 0.5) is 0 Å². The van der Waals surface area contributed by atoms with Crippen molar-refractivity contribution < 1.29 is 36.7 Å². The molecular formula is C20H41O8S-. The van der Waals surface area contributed by atoms with Crippen LogP contribution in [-0.4, -0.2) is 84.8 Å². The van der Waals surface area contributed by atoms with Crippen LogP contribution in [-0.2, 0) is 33.8 Å². The first-order valence-electron chi connectivity index (χ1n) is 10.8. The molecule has 0 N–H and O–H groups in total. The van der Waals surface area contributed by atoms with Crippen LogP contribution < -0.4 is 0 Å². The third-order valence-electron chi connectivity index (χ3n) is 4.32. The van der Waals surface area contributed by atoms with Crippen molar-refractivity contribution in [1.29, 1.82) is 0 Å². The molecule has 8 nitrogen and oxygen atoms in total. The van der Waals surface area contributed by atoms with Crippen LogP contribution in [0.5, 0.6) is 0 Å². The predicted molar refractivity (Wildman–Crippen MR) is 111 cm³/mol. The van der Waals surface area contributed by atoms with E-state index in [1.165, 1.54) is 19.3 Å². The van der Waals surface area contributed by atoms with Gasteiger partial charge in [-0.15, -0.1) is 0 Å². The zero-order chi connectivity index (χ0) is 21.6. The maximum absolute atomic E-state index is 10.4. The molecule has 0 saturated carbocycles. The number of unbranched alkanes of at least 4 members (excludes halogenated alkanes) is 2. The first-order valence-corrected chi connectivity index (χ1v) is 12.4. The Labute approximate surface area is 177 Å². The van der Waals surface area contributed by atoms with Crippen molar-refractivity contribution in [1.82, 2.24) is 0 Å². The van der Waals surface area contributed by atoms with Gasteiger partial charge in [-0.05, 0) is 25.2 Å². The molecule has 0 rings (SSSR count). The number of rotatable bonds is 23. The van der Waals surface area contributed by atoms with Crippen LogP contribution >= 0.6 is 0 Å². The molecule has 0 aliphatic rings. The molecule has 0 aromatic heterocycles. The van der Waals surface area contributed by atoms with Crippen LogP contribution in [0.1, 0.15) is 52.4 Å². The van der Waals surface area contributed by atoms with Gasteiger partial charge in [0.2, 0.25) is 0 Å². The molecule has 0 spiro atoms. The van der Waals surface area contributed by atoms with E-state index in [0.29, 0.717) is 78.2 Å². The molecule has 0 aromatic carbocycles. The lowest BCUT2D eigenvalue weighted by Crippen LogP contribution is -2.15. The molecule has 0 radical (unpaired) electrons. The van der Waals surface area contributed by atoms with Gasteiger partial charge in [0.05, 0.1) is 63.0 Å². The van der Waals surface area contributed by atoms with E-state index in [9.17, 15) is 13.0 Å². The van der Waals surface area contributed by atoms with Crippen molar-refractivity contribution in [2.75, 3.05) is 71.8 Å². The van der Waals surface area contributed by atoms with Gasteiger partial charge in [-0.25, -0.2) is 8.42 Å². The summed E-state index contributed by atoms with van der Waals surface area (Å²) in [6.07, 6.45) is 5.78. The van der Waals surface area contributed by atoms with E-state index in [2.05, 4.69) is 13.8 Å². The standard InChI is InChI=1S/C20H42O8S/c1-3-5-8-20(4-2)19-28-17-16-27-15-14-26-13-12-25-11-10-24-9-6-7-18-29(21,22)23/h20H,3-19H2,1-2H3,(H,21,22,23)/p-1. The summed E-state index contributed by atoms with van der Waals surface area (Å²) < 4.78 is 58.4. The van der Waals surface area contributed by atoms with Crippen LogP contribution in [0, 0.1) is 5.92 Å². The summed E-state index contributed by atoms with van der Waals surface area (Å²) in [4.78, 5) is 0. The van der Waals surface area contributed by atoms with Gasteiger partial charge in [0.1, 0.15) is 0 Å². The molecule has 0 saturated heterocycles.